The predicted octanol–water partition coefficient (Wildman–Crippen LogP) is 2.73. The number of hydrogen-bond acceptors (Lipinski definition) is 7. The first-order valence-electron chi connectivity index (χ1n) is 6.76. The molecule has 0 fully saturated rings. The molecule has 3 aromatic rings. The number of methoxy groups -OCH3 is 1. The molecule has 23 heavy (non-hydrogen) atoms. The predicted molar refractivity (Wildman–Crippen MR) is 90.3 cm³/mol. The fraction of sp³-hybridized carbons (Fsp3) is 0.0625. The Morgan fingerprint density at radius 1 is 1.04 bits per heavy atom. The minimum atomic E-state index is -0.352. The maximum absolute atomic E-state index is 11.4. The van der Waals surface area contributed by atoms with Crippen LogP contribution in [0.1, 0.15) is 10.4 Å². The maximum Gasteiger partial charge on any atom is 0.337 e. The Kier molecular flexibility index (Phi) is 4.03. The molecule has 0 saturated carbocycles. The second kappa shape index (κ2) is 6.13. The summed E-state index contributed by atoms with van der Waals surface area (Å²) in [6, 6.07) is 12.9. The monoisotopic (exact) mass is 326 g/mol. The summed E-state index contributed by atoms with van der Waals surface area (Å²) in [5.41, 5.74) is 12.7. The first-order valence-corrected chi connectivity index (χ1v) is 7.57. The second-order valence-corrected chi connectivity index (χ2v) is 5.91. The SMILES string of the molecule is COC(=O)c1ccc(Sc2ccc3nc(N)nc(N)c3c2)cc1. The van der Waals surface area contributed by atoms with Gasteiger partial charge in [0.1, 0.15) is 5.82 Å². The third kappa shape index (κ3) is 3.19. The zero-order chi connectivity index (χ0) is 16.4. The highest BCUT2D eigenvalue weighted by Crippen LogP contribution is 2.31. The van der Waals surface area contributed by atoms with Crippen LogP contribution in [0.25, 0.3) is 10.9 Å². The van der Waals surface area contributed by atoms with Crippen molar-refractivity contribution in [2.75, 3.05) is 18.6 Å². The molecule has 6 nitrogen and oxygen atoms in total. The molecular formula is C16H14N4O2S. The van der Waals surface area contributed by atoms with Crippen molar-refractivity contribution in [1.82, 2.24) is 9.97 Å². The number of benzene rings is 2. The molecule has 1 aromatic heterocycles. The van der Waals surface area contributed by atoms with Crippen LogP contribution in [0.15, 0.2) is 52.3 Å². The van der Waals surface area contributed by atoms with Gasteiger partial charge >= 0.3 is 5.97 Å². The lowest BCUT2D eigenvalue weighted by molar-refractivity contribution is 0.0600. The van der Waals surface area contributed by atoms with E-state index in [0.29, 0.717) is 16.9 Å². The van der Waals surface area contributed by atoms with E-state index in [9.17, 15) is 4.79 Å². The lowest BCUT2D eigenvalue weighted by atomic mass is 10.2. The summed E-state index contributed by atoms with van der Waals surface area (Å²) in [7, 11) is 1.36. The van der Waals surface area contributed by atoms with Crippen molar-refractivity contribution < 1.29 is 9.53 Å². The molecule has 0 aliphatic carbocycles. The number of nitrogens with two attached hydrogens (primary N) is 2. The molecule has 0 amide bonds. The van der Waals surface area contributed by atoms with Gasteiger partial charge in [-0.1, -0.05) is 11.8 Å². The van der Waals surface area contributed by atoms with Gasteiger partial charge in [-0.15, -0.1) is 0 Å². The van der Waals surface area contributed by atoms with Crippen molar-refractivity contribution in [2.24, 2.45) is 0 Å². The van der Waals surface area contributed by atoms with Crippen LogP contribution in [0.5, 0.6) is 0 Å². The first-order chi connectivity index (χ1) is 11.1. The van der Waals surface area contributed by atoms with Gasteiger partial charge in [0.05, 0.1) is 18.2 Å². The summed E-state index contributed by atoms with van der Waals surface area (Å²) in [5, 5.41) is 0.760. The van der Waals surface area contributed by atoms with Gasteiger partial charge in [0.2, 0.25) is 5.95 Å². The van der Waals surface area contributed by atoms with Crippen molar-refractivity contribution in [1.29, 1.82) is 0 Å². The van der Waals surface area contributed by atoms with Crippen LogP contribution in [0, 0.1) is 0 Å². The number of aromatic nitrogens is 2. The zero-order valence-electron chi connectivity index (χ0n) is 12.3. The molecule has 4 N–H and O–H groups in total. The van der Waals surface area contributed by atoms with Crippen molar-refractivity contribution in [3.8, 4) is 0 Å². The molecule has 0 radical (unpaired) electrons. The summed E-state index contributed by atoms with van der Waals surface area (Å²) in [4.78, 5) is 21.5. The number of hydrogen-bond donors (Lipinski definition) is 2. The molecule has 0 saturated heterocycles. The molecular weight excluding hydrogens is 312 g/mol. The van der Waals surface area contributed by atoms with E-state index < -0.39 is 0 Å². The van der Waals surface area contributed by atoms with Gasteiger partial charge in [0.15, 0.2) is 0 Å². The Morgan fingerprint density at radius 2 is 1.74 bits per heavy atom. The van der Waals surface area contributed by atoms with Crippen LogP contribution < -0.4 is 11.5 Å². The lowest BCUT2D eigenvalue weighted by Crippen LogP contribution is -2.00. The van der Waals surface area contributed by atoms with E-state index in [4.69, 9.17) is 11.5 Å². The molecule has 3 rings (SSSR count). The van der Waals surface area contributed by atoms with Gasteiger partial charge in [0.25, 0.3) is 0 Å². The van der Waals surface area contributed by atoms with Crippen molar-refractivity contribution in [3.63, 3.8) is 0 Å². The van der Waals surface area contributed by atoms with Crippen LogP contribution in [0.2, 0.25) is 0 Å². The Hall–Kier alpha value is -2.80. The molecule has 0 atom stereocenters. The smallest absolute Gasteiger partial charge is 0.337 e. The Morgan fingerprint density at radius 3 is 2.43 bits per heavy atom. The van der Waals surface area contributed by atoms with Crippen molar-refractivity contribution in [3.05, 3.63) is 48.0 Å². The Balaban J connectivity index is 1.88. The molecule has 1 heterocycles. The van der Waals surface area contributed by atoms with Crippen molar-refractivity contribution >= 4 is 40.4 Å². The maximum atomic E-state index is 11.4. The second-order valence-electron chi connectivity index (χ2n) is 4.76. The van der Waals surface area contributed by atoms with Gasteiger partial charge < -0.3 is 16.2 Å². The summed E-state index contributed by atoms with van der Waals surface area (Å²) >= 11 is 1.55. The van der Waals surface area contributed by atoms with Crippen LogP contribution in [0.4, 0.5) is 11.8 Å². The highest BCUT2D eigenvalue weighted by molar-refractivity contribution is 7.99. The first kappa shape index (κ1) is 15.1. The zero-order valence-corrected chi connectivity index (χ0v) is 13.1. The van der Waals surface area contributed by atoms with Gasteiger partial charge in [-0.2, -0.15) is 4.98 Å². The van der Waals surface area contributed by atoms with Gasteiger partial charge in [-0.3, -0.25) is 0 Å². The number of carbonyl (C=O) groups is 1. The number of esters is 1. The fourth-order valence-electron chi connectivity index (χ4n) is 2.13. The summed E-state index contributed by atoms with van der Waals surface area (Å²) in [6.45, 7) is 0. The van der Waals surface area contributed by atoms with Crippen LogP contribution >= 0.6 is 11.8 Å². The molecule has 116 valence electrons. The Labute approximate surface area is 136 Å². The van der Waals surface area contributed by atoms with Crippen LogP contribution in [-0.2, 0) is 4.74 Å². The lowest BCUT2D eigenvalue weighted by Gasteiger charge is -2.06. The van der Waals surface area contributed by atoms with Crippen LogP contribution in [0.3, 0.4) is 0 Å². The molecule has 0 aliphatic heterocycles. The third-order valence-corrected chi connectivity index (χ3v) is 4.22. The van der Waals surface area contributed by atoms with E-state index in [1.54, 1.807) is 23.9 Å². The number of carbonyl (C=O) groups excluding carboxylic acids is 1. The number of fused-ring (bicyclic) bond motifs is 1. The number of ether oxygens (including phenoxy) is 1. The Bertz CT molecular complexity index is 881. The van der Waals surface area contributed by atoms with E-state index in [1.807, 2.05) is 30.3 Å². The summed E-state index contributed by atoms with van der Waals surface area (Å²) in [6.07, 6.45) is 0. The number of anilines is 2. The third-order valence-electron chi connectivity index (χ3n) is 3.23. The summed E-state index contributed by atoms with van der Waals surface area (Å²) in [5.74, 6) is 0.166. The molecule has 2 aromatic carbocycles. The highest BCUT2D eigenvalue weighted by Gasteiger charge is 2.07. The molecule has 0 unspecified atom stereocenters. The molecule has 0 spiro atoms. The van der Waals surface area contributed by atoms with E-state index >= 15 is 0 Å². The minimum absolute atomic E-state index is 0.161. The van der Waals surface area contributed by atoms with E-state index in [0.717, 1.165) is 15.2 Å². The van der Waals surface area contributed by atoms with Crippen molar-refractivity contribution in [2.45, 2.75) is 9.79 Å². The minimum Gasteiger partial charge on any atom is -0.465 e. The van der Waals surface area contributed by atoms with Crippen LogP contribution in [-0.4, -0.2) is 23.0 Å². The highest BCUT2D eigenvalue weighted by atomic mass is 32.2. The van der Waals surface area contributed by atoms with Gasteiger partial charge in [-0.25, -0.2) is 9.78 Å². The van der Waals surface area contributed by atoms with Gasteiger partial charge in [-0.05, 0) is 42.5 Å². The largest absolute Gasteiger partial charge is 0.465 e. The van der Waals surface area contributed by atoms with Gasteiger partial charge in [0, 0.05) is 15.2 Å². The quantitative estimate of drug-likeness (QED) is 0.713. The average molecular weight is 326 g/mol. The fourth-order valence-corrected chi connectivity index (χ4v) is 2.98. The number of nitrogen functional groups attached to an aromatic ring is 2. The molecule has 0 bridgehead atoms. The molecule has 7 heteroatoms. The average Bonchev–Trinajstić information content (AvgIpc) is 2.55. The van der Waals surface area contributed by atoms with E-state index in [-0.39, 0.29) is 11.9 Å². The van der Waals surface area contributed by atoms with E-state index in [2.05, 4.69) is 14.7 Å². The topological polar surface area (TPSA) is 104 Å². The normalized spacial score (nSPS) is 10.7. The number of rotatable bonds is 3. The number of nitrogens with zero attached hydrogens (tertiary/aromatic N) is 2. The molecule has 0 aliphatic rings. The summed E-state index contributed by atoms with van der Waals surface area (Å²) < 4.78 is 4.68. The standard InChI is InChI=1S/C16H14N4O2S/c1-22-15(21)9-2-4-10(5-3-9)23-11-6-7-13-12(8-11)14(17)20-16(18)19-13/h2-8H,1H3,(H4,17,18,19,20). The van der Waals surface area contributed by atoms with E-state index in [1.165, 1.54) is 7.11 Å².